The molecule has 2 heteroatoms. The van der Waals surface area contributed by atoms with Crippen LogP contribution < -0.4 is 0 Å². The molecule has 1 aliphatic heterocycles. The molecule has 0 aromatic heterocycles. The molecule has 1 saturated carbocycles. The van der Waals surface area contributed by atoms with Crippen molar-refractivity contribution in [2.24, 2.45) is 11.8 Å². The molecule has 0 spiro atoms. The molecule has 0 aromatic carbocycles. The maximum absolute atomic E-state index is 10.9. The Morgan fingerprint density at radius 2 is 1.80 bits per heavy atom. The first-order chi connectivity index (χ1) is 4.77. The number of hydrogen-bond acceptors (Lipinski definition) is 1. The molecule has 0 radical (unpaired) electrons. The quantitative estimate of drug-likeness (QED) is 0.487. The number of fused-ring (bicyclic) bond motifs is 1. The zero-order valence-corrected chi connectivity index (χ0v) is 6.34. The Morgan fingerprint density at radius 1 is 1.30 bits per heavy atom. The number of rotatable bonds is 0. The number of amides is 1. The summed E-state index contributed by atoms with van der Waals surface area (Å²) in [6.45, 7) is 3.75. The third-order valence-corrected chi connectivity index (χ3v) is 2.93. The topological polar surface area (TPSA) is 20.3 Å². The maximum Gasteiger partial charge on any atom is 0.219 e. The fraction of sp³-hybridized carbons (Fsp3) is 0.875. The van der Waals surface area contributed by atoms with Gasteiger partial charge in [-0.05, 0) is 24.7 Å². The van der Waals surface area contributed by atoms with E-state index in [9.17, 15) is 4.79 Å². The Kier molecular flexibility index (Phi) is 1.22. The summed E-state index contributed by atoms with van der Waals surface area (Å²) in [5.74, 6) is 1.99. The molecule has 56 valence electrons. The van der Waals surface area contributed by atoms with E-state index in [1.807, 2.05) is 4.90 Å². The van der Waals surface area contributed by atoms with Crippen molar-refractivity contribution in [2.45, 2.75) is 19.8 Å². The van der Waals surface area contributed by atoms with Crippen molar-refractivity contribution in [1.82, 2.24) is 4.90 Å². The smallest absolute Gasteiger partial charge is 0.219 e. The summed E-state index contributed by atoms with van der Waals surface area (Å²) in [4.78, 5) is 12.9. The van der Waals surface area contributed by atoms with Crippen LogP contribution in [0.1, 0.15) is 19.8 Å². The molecular weight excluding hydrogens is 126 g/mol. The first kappa shape index (κ1) is 6.20. The number of carbonyl (C=O) groups is 1. The van der Waals surface area contributed by atoms with Crippen molar-refractivity contribution in [1.29, 1.82) is 0 Å². The number of nitrogens with zero attached hydrogens (tertiary/aromatic N) is 1. The Bertz CT molecular complexity index is 155. The lowest BCUT2D eigenvalue weighted by atomic mass is 9.77. The highest BCUT2D eigenvalue weighted by molar-refractivity contribution is 5.73. The van der Waals surface area contributed by atoms with Gasteiger partial charge in [0.15, 0.2) is 0 Å². The monoisotopic (exact) mass is 139 g/mol. The van der Waals surface area contributed by atoms with E-state index >= 15 is 0 Å². The summed E-state index contributed by atoms with van der Waals surface area (Å²) < 4.78 is 0. The number of carbonyl (C=O) groups excluding carboxylic acids is 1. The van der Waals surface area contributed by atoms with Crippen LogP contribution in [-0.2, 0) is 4.79 Å². The van der Waals surface area contributed by atoms with Crippen LogP contribution >= 0.6 is 0 Å². The fourth-order valence-electron chi connectivity index (χ4n) is 2.02. The molecular formula is C8H13NO. The highest BCUT2D eigenvalue weighted by atomic mass is 16.2. The molecule has 2 nitrogen and oxygen atoms in total. The van der Waals surface area contributed by atoms with Crippen molar-refractivity contribution in [3.05, 3.63) is 0 Å². The average molecular weight is 139 g/mol. The Morgan fingerprint density at radius 3 is 2.10 bits per heavy atom. The minimum Gasteiger partial charge on any atom is -0.342 e. The first-order valence-electron chi connectivity index (χ1n) is 4.03. The van der Waals surface area contributed by atoms with Crippen LogP contribution in [0.5, 0.6) is 0 Å². The third-order valence-electron chi connectivity index (χ3n) is 2.93. The second-order valence-corrected chi connectivity index (χ2v) is 3.52. The van der Waals surface area contributed by atoms with Crippen LogP contribution in [0.2, 0.25) is 0 Å². The van der Waals surface area contributed by atoms with Crippen LogP contribution in [0.25, 0.3) is 0 Å². The van der Waals surface area contributed by atoms with E-state index in [2.05, 4.69) is 0 Å². The highest BCUT2D eigenvalue weighted by Crippen LogP contribution is 2.40. The van der Waals surface area contributed by atoms with Crippen LogP contribution in [-0.4, -0.2) is 23.9 Å². The standard InChI is InChI=1S/C8H13NO/c1-6(10)9-4-7-2-3-8(7)5-9/h7-8H,2-5H2,1H3. The lowest BCUT2D eigenvalue weighted by Crippen LogP contribution is -2.25. The summed E-state index contributed by atoms with van der Waals surface area (Å²) >= 11 is 0. The molecule has 2 unspecified atom stereocenters. The van der Waals surface area contributed by atoms with Gasteiger partial charge in [0.1, 0.15) is 0 Å². The van der Waals surface area contributed by atoms with Gasteiger partial charge in [-0.25, -0.2) is 0 Å². The van der Waals surface area contributed by atoms with Gasteiger partial charge in [0, 0.05) is 20.0 Å². The minimum absolute atomic E-state index is 0.259. The van der Waals surface area contributed by atoms with Crippen LogP contribution in [0, 0.1) is 11.8 Å². The molecule has 0 bridgehead atoms. The zero-order chi connectivity index (χ0) is 7.14. The van der Waals surface area contributed by atoms with Crippen molar-refractivity contribution >= 4 is 5.91 Å². The molecule has 1 aliphatic carbocycles. The van der Waals surface area contributed by atoms with E-state index in [1.165, 1.54) is 12.8 Å². The summed E-state index contributed by atoms with van der Waals surface area (Å²) in [7, 11) is 0. The Balaban J connectivity index is 1.98. The molecule has 2 atom stereocenters. The van der Waals surface area contributed by atoms with Gasteiger partial charge < -0.3 is 4.90 Å². The summed E-state index contributed by atoms with van der Waals surface area (Å²) in [6, 6.07) is 0. The van der Waals surface area contributed by atoms with Crippen LogP contribution in [0.3, 0.4) is 0 Å². The molecule has 1 saturated heterocycles. The maximum atomic E-state index is 10.9. The molecule has 0 aromatic rings. The molecule has 2 fully saturated rings. The number of hydrogen-bond donors (Lipinski definition) is 0. The molecule has 2 rings (SSSR count). The van der Waals surface area contributed by atoms with Crippen molar-refractivity contribution < 1.29 is 4.79 Å². The molecule has 1 heterocycles. The second-order valence-electron chi connectivity index (χ2n) is 3.52. The van der Waals surface area contributed by atoms with Gasteiger partial charge >= 0.3 is 0 Å². The minimum atomic E-state index is 0.259. The van der Waals surface area contributed by atoms with Gasteiger partial charge in [-0.3, -0.25) is 4.79 Å². The van der Waals surface area contributed by atoms with E-state index < -0.39 is 0 Å². The van der Waals surface area contributed by atoms with Gasteiger partial charge in [0.2, 0.25) is 5.91 Å². The van der Waals surface area contributed by atoms with Gasteiger partial charge in [-0.1, -0.05) is 0 Å². The Labute approximate surface area is 61.2 Å². The molecule has 1 amide bonds. The van der Waals surface area contributed by atoms with Crippen molar-refractivity contribution in [3.63, 3.8) is 0 Å². The highest BCUT2D eigenvalue weighted by Gasteiger charge is 2.39. The average Bonchev–Trinajstić information content (AvgIpc) is 2.09. The predicted octanol–water partition coefficient (Wildman–Crippen LogP) is 0.875. The fourth-order valence-corrected chi connectivity index (χ4v) is 2.02. The first-order valence-corrected chi connectivity index (χ1v) is 4.03. The van der Waals surface area contributed by atoms with E-state index in [4.69, 9.17) is 0 Å². The number of likely N-dealkylation sites (tertiary alicyclic amines) is 1. The lowest BCUT2D eigenvalue weighted by molar-refractivity contribution is -0.127. The lowest BCUT2D eigenvalue weighted by Gasteiger charge is -2.27. The normalized spacial score (nSPS) is 37.1. The second kappa shape index (κ2) is 1.97. The SMILES string of the molecule is CC(=O)N1CC2CCC2C1. The van der Waals surface area contributed by atoms with Crippen LogP contribution in [0.4, 0.5) is 0 Å². The van der Waals surface area contributed by atoms with Gasteiger partial charge in [-0.2, -0.15) is 0 Å². The summed E-state index contributed by atoms with van der Waals surface area (Å²) in [6.07, 6.45) is 2.71. The van der Waals surface area contributed by atoms with Gasteiger partial charge in [0.25, 0.3) is 0 Å². The van der Waals surface area contributed by atoms with Crippen molar-refractivity contribution in [2.75, 3.05) is 13.1 Å². The largest absolute Gasteiger partial charge is 0.342 e. The molecule has 10 heavy (non-hydrogen) atoms. The molecule has 2 aliphatic rings. The summed E-state index contributed by atoms with van der Waals surface area (Å²) in [5, 5.41) is 0. The van der Waals surface area contributed by atoms with Crippen molar-refractivity contribution in [3.8, 4) is 0 Å². The van der Waals surface area contributed by atoms with Gasteiger partial charge in [0.05, 0.1) is 0 Å². The summed E-state index contributed by atoms with van der Waals surface area (Å²) in [5.41, 5.74) is 0. The van der Waals surface area contributed by atoms with E-state index in [0.29, 0.717) is 0 Å². The van der Waals surface area contributed by atoms with Crippen LogP contribution in [0.15, 0.2) is 0 Å². The zero-order valence-electron chi connectivity index (χ0n) is 6.34. The van der Waals surface area contributed by atoms with E-state index in [1.54, 1.807) is 6.92 Å². The van der Waals surface area contributed by atoms with E-state index in [0.717, 1.165) is 24.9 Å². The van der Waals surface area contributed by atoms with E-state index in [-0.39, 0.29) is 5.91 Å². The third kappa shape index (κ3) is 0.746. The van der Waals surface area contributed by atoms with Gasteiger partial charge in [-0.15, -0.1) is 0 Å². The Hall–Kier alpha value is -0.530. The predicted molar refractivity (Wildman–Crippen MR) is 38.5 cm³/mol. The molecule has 0 N–H and O–H groups in total.